The van der Waals surface area contributed by atoms with Crippen molar-refractivity contribution in [1.82, 2.24) is 15.2 Å². The van der Waals surface area contributed by atoms with Gasteiger partial charge in [-0.3, -0.25) is 9.88 Å². The van der Waals surface area contributed by atoms with Crippen molar-refractivity contribution in [3.05, 3.63) is 29.8 Å². The maximum atomic E-state index is 13.4. The summed E-state index contributed by atoms with van der Waals surface area (Å²) >= 11 is 1.97. The van der Waals surface area contributed by atoms with E-state index in [1.165, 1.54) is 11.9 Å². The van der Waals surface area contributed by atoms with Crippen LogP contribution in [-0.2, 0) is 0 Å². The van der Waals surface area contributed by atoms with E-state index in [1.807, 2.05) is 11.8 Å². The normalized spacial score (nSPS) is 22.4. The van der Waals surface area contributed by atoms with Crippen molar-refractivity contribution < 1.29 is 4.39 Å². The Morgan fingerprint density at radius 3 is 3.11 bits per heavy atom. The molecule has 0 bridgehead atoms. The number of hydrogen-bond acceptors (Lipinski definition) is 4. The number of nitrogens with one attached hydrogen (secondary N) is 1. The van der Waals surface area contributed by atoms with Crippen LogP contribution in [0, 0.1) is 5.82 Å². The maximum Gasteiger partial charge on any atom is 0.141 e. The Hall–Kier alpha value is -0.650. The van der Waals surface area contributed by atoms with Gasteiger partial charge in [0.05, 0.1) is 12.2 Å². The molecule has 19 heavy (non-hydrogen) atoms. The average molecular weight is 283 g/mol. The van der Waals surface area contributed by atoms with E-state index in [-0.39, 0.29) is 11.9 Å². The van der Waals surface area contributed by atoms with Crippen molar-refractivity contribution in [2.75, 3.05) is 31.6 Å². The predicted molar refractivity (Wildman–Crippen MR) is 79.0 cm³/mol. The Labute approximate surface area is 119 Å². The van der Waals surface area contributed by atoms with Gasteiger partial charge in [-0.25, -0.2) is 4.39 Å². The number of thioether (sulfide) groups is 1. The van der Waals surface area contributed by atoms with E-state index >= 15 is 0 Å². The fourth-order valence-corrected chi connectivity index (χ4v) is 3.70. The number of rotatable bonds is 5. The lowest BCUT2D eigenvalue weighted by Gasteiger charge is -2.38. The lowest BCUT2D eigenvalue weighted by Crippen LogP contribution is -2.48. The first-order chi connectivity index (χ1) is 9.22. The summed E-state index contributed by atoms with van der Waals surface area (Å²) in [4.78, 5) is 6.36. The van der Waals surface area contributed by atoms with Gasteiger partial charge >= 0.3 is 0 Å². The van der Waals surface area contributed by atoms with Gasteiger partial charge in [0.25, 0.3) is 0 Å². The summed E-state index contributed by atoms with van der Waals surface area (Å²) in [5, 5.41) is 3.55. The predicted octanol–water partition coefficient (Wildman–Crippen LogP) is 2.31. The molecule has 2 heterocycles. The molecule has 0 spiro atoms. The Kier molecular flexibility index (Phi) is 5.60. The number of halogens is 1. The molecule has 2 rings (SSSR count). The van der Waals surface area contributed by atoms with Crippen LogP contribution in [0.2, 0.25) is 0 Å². The molecule has 1 aliphatic rings. The third kappa shape index (κ3) is 3.91. The molecule has 1 saturated heterocycles. The minimum absolute atomic E-state index is 0.154. The quantitative estimate of drug-likeness (QED) is 0.897. The zero-order chi connectivity index (χ0) is 13.7. The number of pyridine rings is 1. The summed E-state index contributed by atoms with van der Waals surface area (Å²) in [6.07, 6.45) is 4.12. The molecule has 0 saturated carbocycles. The summed E-state index contributed by atoms with van der Waals surface area (Å²) in [6, 6.07) is 2.16. The van der Waals surface area contributed by atoms with Crippen molar-refractivity contribution in [3.63, 3.8) is 0 Å². The summed E-state index contributed by atoms with van der Waals surface area (Å²) in [6.45, 7) is 4.17. The lowest BCUT2D eigenvalue weighted by molar-refractivity contribution is 0.215. The minimum atomic E-state index is -0.257. The third-order valence-corrected chi connectivity index (χ3v) is 4.58. The average Bonchev–Trinajstić information content (AvgIpc) is 2.41. The van der Waals surface area contributed by atoms with Gasteiger partial charge in [0, 0.05) is 30.3 Å². The smallest absolute Gasteiger partial charge is 0.141 e. The highest BCUT2D eigenvalue weighted by Gasteiger charge is 2.29. The molecule has 2 atom stereocenters. The fraction of sp³-hybridized carbons (Fsp3) is 0.643. The van der Waals surface area contributed by atoms with Crippen LogP contribution in [0.25, 0.3) is 0 Å². The molecule has 1 aromatic rings. The van der Waals surface area contributed by atoms with Crippen LogP contribution in [0.15, 0.2) is 18.5 Å². The number of nitrogens with zero attached hydrogens (tertiary/aromatic N) is 2. The lowest BCUT2D eigenvalue weighted by atomic mass is 10.0. The molecular weight excluding hydrogens is 261 g/mol. The van der Waals surface area contributed by atoms with E-state index < -0.39 is 0 Å². The molecule has 0 aromatic carbocycles. The number of likely N-dealkylation sites (N-methyl/N-ethyl adjacent to an activating group) is 1. The van der Waals surface area contributed by atoms with Crippen molar-refractivity contribution in [2.45, 2.75) is 25.4 Å². The van der Waals surface area contributed by atoms with Crippen LogP contribution in [-0.4, -0.2) is 47.6 Å². The highest BCUT2D eigenvalue weighted by molar-refractivity contribution is 7.99. The molecule has 2 unspecified atom stereocenters. The highest BCUT2D eigenvalue weighted by Crippen LogP contribution is 2.26. The van der Waals surface area contributed by atoms with Crippen molar-refractivity contribution in [1.29, 1.82) is 0 Å². The van der Waals surface area contributed by atoms with Crippen LogP contribution in [0.1, 0.15) is 24.9 Å². The first-order valence-corrected chi connectivity index (χ1v) is 7.99. The maximum absolute atomic E-state index is 13.4. The minimum Gasteiger partial charge on any atom is -0.309 e. The van der Waals surface area contributed by atoms with Gasteiger partial charge < -0.3 is 5.32 Å². The van der Waals surface area contributed by atoms with Gasteiger partial charge in [-0.05, 0) is 31.6 Å². The molecule has 0 amide bonds. The second-order valence-corrected chi connectivity index (χ2v) is 6.14. The molecule has 1 aromatic heterocycles. The molecule has 1 aliphatic heterocycles. The Morgan fingerprint density at radius 2 is 2.42 bits per heavy atom. The number of aromatic nitrogens is 1. The van der Waals surface area contributed by atoms with E-state index in [0.29, 0.717) is 6.04 Å². The van der Waals surface area contributed by atoms with Crippen molar-refractivity contribution in [3.8, 4) is 0 Å². The van der Waals surface area contributed by atoms with Gasteiger partial charge in [0.15, 0.2) is 0 Å². The van der Waals surface area contributed by atoms with Gasteiger partial charge in [-0.15, -0.1) is 0 Å². The fourth-order valence-electron chi connectivity index (χ4n) is 2.43. The zero-order valence-corrected chi connectivity index (χ0v) is 12.4. The van der Waals surface area contributed by atoms with Crippen LogP contribution >= 0.6 is 11.8 Å². The van der Waals surface area contributed by atoms with E-state index in [1.54, 1.807) is 12.3 Å². The van der Waals surface area contributed by atoms with E-state index in [0.717, 1.165) is 30.8 Å². The monoisotopic (exact) mass is 283 g/mol. The highest BCUT2D eigenvalue weighted by atomic mass is 32.2. The van der Waals surface area contributed by atoms with Gasteiger partial charge in [0.1, 0.15) is 5.82 Å². The molecule has 5 heteroatoms. The van der Waals surface area contributed by atoms with E-state index in [9.17, 15) is 4.39 Å². The summed E-state index contributed by atoms with van der Waals surface area (Å²) < 4.78 is 13.4. The molecule has 106 valence electrons. The summed E-state index contributed by atoms with van der Waals surface area (Å²) in [7, 11) is 2.15. The Bertz CT molecular complexity index is 402. The van der Waals surface area contributed by atoms with Crippen LogP contribution in [0.5, 0.6) is 0 Å². The molecule has 1 fully saturated rings. The van der Waals surface area contributed by atoms with Crippen LogP contribution in [0.4, 0.5) is 4.39 Å². The van der Waals surface area contributed by atoms with E-state index in [4.69, 9.17) is 0 Å². The van der Waals surface area contributed by atoms with E-state index in [2.05, 4.69) is 29.2 Å². The largest absolute Gasteiger partial charge is 0.309 e. The summed E-state index contributed by atoms with van der Waals surface area (Å²) in [5.74, 6) is 2.00. The van der Waals surface area contributed by atoms with Gasteiger partial charge in [-0.1, -0.05) is 6.92 Å². The topological polar surface area (TPSA) is 28.2 Å². The van der Waals surface area contributed by atoms with Crippen molar-refractivity contribution >= 4 is 11.8 Å². The first kappa shape index (κ1) is 14.8. The molecular formula is C14H22FN3S. The Morgan fingerprint density at radius 1 is 1.58 bits per heavy atom. The molecule has 0 aliphatic carbocycles. The molecule has 3 nitrogen and oxygen atoms in total. The Balaban J connectivity index is 2.19. The third-order valence-electron chi connectivity index (χ3n) is 3.53. The SMILES string of the molecule is CCCNC(c1cncc(F)c1)C1CSCCN1C. The van der Waals surface area contributed by atoms with Crippen LogP contribution in [0.3, 0.4) is 0 Å². The van der Waals surface area contributed by atoms with Crippen molar-refractivity contribution in [2.24, 2.45) is 0 Å². The first-order valence-electron chi connectivity index (χ1n) is 6.84. The zero-order valence-electron chi connectivity index (χ0n) is 11.6. The standard InChI is InChI=1S/C14H22FN3S/c1-3-4-17-14(11-7-12(15)9-16-8-11)13-10-19-6-5-18(13)2/h7-9,13-14,17H,3-6,10H2,1-2H3. The van der Waals surface area contributed by atoms with Gasteiger partial charge in [0.2, 0.25) is 0 Å². The number of hydrogen-bond donors (Lipinski definition) is 1. The van der Waals surface area contributed by atoms with Gasteiger partial charge in [-0.2, -0.15) is 11.8 Å². The van der Waals surface area contributed by atoms with Crippen LogP contribution < -0.4 is 5.32 Å². The summed E-state index contributed by atoms with van der Waals surface area (Å²) in [5.41, 5.74) is 0.952. The molecule has 1 N–H and O–H groups in total. The molecule has 0 radical (unpaired) electrons. The second-order valence-electron chi connectivity index (χ2n) is 4.99. The second kappa shape index (κ2) is 7.22.